The van der Waals surface area contributed by atoms with Gasteiger partial charge in [-0.2, -0.15) is 0 Å². The Morgan fingerprint density at radius 1 is 1.35 bits per heavy atom. The summed E-state index contributed by atoms with van der Waals surface area (Å²) < 4.78 is 0. The highest BCUT2D eigenvalue weighted by Gasteiger charge is 2.22. The van der Waals surface area contributed by atoms with Crippen molar-refractivity contribution in [3.05, 3.63) is 35.9 Å². The second-order valence-electron chi connectivity index (χ2n) is 7.10. The molecule has 2 heterocycles. The number of carbonyl (C=O) groups excluding carboxylic acids is 1. The molecule has 6 heteroatoms. The topological polar surface area (TPSA) is 68.7 Å². The number of fused-ring (bicyclic) bond motifs is 1. The van der Waals surface area contributed by atoms with Gasteiger partial charge in [-0.05, 0) is 44.0 Å². The van der Waals surface area contributed by atoms with Crippen molar-refractivity contribution in [3.63, 3.8) is 0 Å². The molecule has 2 aromatic rings. The van der Waals surface area contributed by atoms with Crippen molar-refractivity contribution in [1.29, 1.82) is 0 Å². The molecule has 0 aliphatic carbocycles. The predicted octanol–water partition coefficient (Wildman–Crippen LogP) is 1.62. The molecule has 0 spiro atoms. The first-order chi connectivity index (χ1) is 12.6. The molecular weight excluding hydrogens is 328 g/mol. The second-order valence-corrected chi connectivity index (χ2v) is 7.10. The Morgan fingerprint density at radius 3 is 2.77 bits per heavy atom. The average molecular weight is 356 g/mol. The van der Waals surface area contributed by atoms with Crippen LogP contribution in [-0.2, 0) is 11.4 Å². The number of likely N-dealkylation sites (tertiary alicyclic amines) is 1. The molecule has 6 nitrogen and oxygen atoms in total. The first kappa shape index (κ1) is 18.6. The number of likely N-dealkylation sites (N-methyl/N-ethyl adjacent to an activating group) is 1. The highest BCUT2D eigenvalue weighted by atomic mass is 16.3. The minimum Gasteiger partial charge on any atom is -0.392 e. The molecule has 0 radical (unpaired) electrons. The van der Waals surface area contributed by atoms with E-state index in [4.69, 9.17) is 4.98 Å². The predicted molar refractivity (Wildman–Crippen MR) is 104 cm³/mol. The first-order valence-corrected chi connectivity index (χ1v) is 9.24. The molecule has 1 aromatic heterocycles. The van der Waals surface area contributed by atoms with Crippen molar-refractivity contribution in [2.45, 2.75) is 19.4 Å². The van der Waals surface area contributed by atoms with E-state index >= 15 is 0 Å². The molecular formula is C20H28N4O2. The number of piperidine rings is 1. The number of para-hydroxylation sites is 1. The lowest BCUT2D eigenvalue weighted by Crippen LogP contribution is -2.42. The summed E-state index contributed by atoms with van der Waals surface area (Å²) in [7, 11) is 3.73. The number of pyridine rings is 1. The van der Waals surface area contributed by atoms with Gasteiger partial charge in [0.15, 0.2) is 0 Å². The molecule has 0 atom stereocenters. The molecule has 1 aliphatic heterocycles. The van der Waals surface area contributed by atoms with Gasteiger partial charge in [0.2, 0.25) is 5.91 Å². The standard InChI is InChI=1S/C20H28N4O2/c1-21-19(26)13-24-9-7-15(8-10-24)12-23(2)20-17(14-25)11-16-5-3-4-6-18(16)22-20/h3-6,11,15,25H,7-10,12-14H2,1-2H3,(H,21,26). The maximum atomic E-state index is 11.5. The Balaban J connectivity index is 1.64. The molecule has 1 amide bonds. The van der Waals surface area contributed by atoms with E-state index in [2.05, 4.69) is 15.1 Å². The molecule has 26 heavy (non-hydrogen) atoms. The van der Waals surface area contributed by atoms with E-state index in [0.717, 1.165) is 54.8 Å². The number of carbonyl (C=O) groups is 1. The van der Waals surface area contributed by atoms with Crippen molar-refractivity contribution in [2.24, 2.45) is 5.92 Å². The fourth-order valence-electron chi connectivity index (χ4n) is 3.68. The van der Waals surface area contributed by atoms with Gasteiger partial charge in [0.25, 0.3) is 0 Å². The Kier molecular flexibility index (Phi) is 6.06. The molecule has 0 unspecified atom stereocenters. The maximum Gasteiger partial charge on any atom is 0.233 e. The van der Waals surface area contributed by atoms with Gasteiger partial charge in [0.05, 0.1) is 18.7 Å². The maximum absolute atomic E-state index is 11.5. The van der Waals surface area contributed by atoms with Crippen LogP contribution in [0.25, 0.3) is 10.9 Å². The lowest BCUT2D eigenvalue weighted by molar-refractivity contribution is -0.122. The fourth-order valence-corrected chi connectivity index (χ4v) is 3.68. The third-order valence-corrected chi connectivity index (χ3v) is 5.20. The number of aromatic nitrogens is 1. The zero-order chi connectivity index (χ0) is 18.5. The number of hydrogen-bond acceptors (Lipinski definition) is 5. The van der Waals surface area contributed by atoms with Crippen LogP contribution in [0.15, 0.2) is 30.3 Å². The van der Waals surface area contributed by atoms with Crippen LogP contribution >= 0.6 is 0 Å². The summed E-state index contributed by atoms with van der Waals surface area (Å²) in [6.07, 6.45) is 2.15. The van der Waals surface area contributed by atoms with Crippen LogP contribution < -0.4 is 10.2 Å². The molecule has 0 saturated carbocycles. The Labute approximate surface area is 154 Å². The first-order valence-electron chi connectivity index (χ1n) is 9.24. The van der Waals surface area contributed by atoms with Gasteiger partial charge >= 0.3 is 0 Å². The summed E-state index contributed by atoms with van der Waals surface area (Å²) in [5.41, 5.74) is 1.82. The summed E-state index contributed by atoms with van der Waals surface area (Å²) >= 11 is 0. The van der Waals surface area contributed by atoms with Gasteiger partial charge in [0.1, 0.15) is 5.82 Å². The van der Waals surface area contributed by atoms with Crippen LogP contribution in [0.2, 0.25) is 0 Å². The van der Waals surface area contributed by atoms with E-state index in [-0.39, 0.29) is 12.5 Å². The van der Waals surface area contributed by atoms with E-state index in [1.807, 2.05) is 37.4 Å². The summed E-state index contributed by atoms with van der Waals surface area (Å²) in [5.74, 6) is 1.51. The van der Waals surface area contributed by atoms with E-state index in [1.165, 1.54) is 0 Å². The minimum atomic E-state index is -0.0118. The zero-order valence-electron chi connectivity index (χ0n) is 15.6. The average Bonchev–Trinajstić information content (AvgIpc) is 2.68. The molecule has 3 rings (SSSR count). The van der Waals surface area contributed by atoms with Crippen molar-refractivity contribution in [1.82, 2.24) is 15.2 Å². The van der Waals surface area contributed by atoms with Gasteiger partial charge < -0.3 is 15.3 Å². The van der Waals surface area contributed by atoms with Crippen LogP contribution in [0, 0.1) is 5.92 Å². The summed E-state index contributed by atoms with van der Waals surface area (Å²) in [6, 6.07) is 10.0. The number of anilines is 1. The number of aliphatic hydroxyl groups excluding tert-OH is 1. The van der Waals surface area contributed by atoms with Crippen LogP contribution in [0.4, 0.5) is 5.82 Å². The normalized spacial score (nSPS) is 16.0. The quantitative estimate of drug-likeness (QED) is 0.823. The van der Waals surface area contributed by atoms with Crippen LogP contribution in [0.3, 0.4) is 0 Å². The van der Waals surface area contributed by atoms with Crippen LogP contribution in [0.5, 0.6) is 0 Å². The number of rotatable bonds is 6. The SMILES string of the molecule is CNC(=O)CN1CCC(CN(C)c2nc3ccccc3cc2CO)CC1. The molecule has 1 aliphatic rings. The monoisotopic (exact) mass is 356 g/mol. The largest absolute Gasteiger partial charge is 0.392 e. The van der Waals surface area contributed by atoms with Crippen LogP contribution in [0.1, 0.15) is 18.4 Å². The summed E-state index contributed by atoms with van der Waals surface area (Å²) in [6.45, 7) is 3.28. The third-order valence-electron chi connectivity index (χ3n) is 5.20. The molecule has 1 saturated heterocycles. The molecule has 140 valence electrons. The molecule has 1 fully saturated rings. The van der Waals surface area contributed by atoms with E-state index in [9.17, 15) is 9.90 Å². The Hall–Kier alpha value is -2.18. The third kappa shape index (κ3) is 4.31. The number of benzene rings is 1. The van der Waals surface area contributed by atoms with Gasteiger partial charge in [0, 0.05) is 31.6 Å². The van der Waals surface area contributed by atoms with Gasteiger partial charge in [-0.25, -0.2) is 4.98 Å². The second kappa shape index (κ2) is 8.47. The molecule has 0 bridgehead atoms. The minimum absolute atomic E-state index is 0.0118. The number of amides is 1. The highest BCUT2D eigenvalue weighted by Crippen LogP contribution is 2.25. The Bertz CT molecular complexity index is 757. The number of nitrogens with one attached hydrogen (secondary N) is 1. The van der Waals surface area contributed by atoms with E-state index in [1.54, 1.807) is 7.05 Å². The van der Waals surface area contributed by atoms with Gasteiger partial charge in [-0.1, -0.05) is 18.2 Å². The summed E-state index contributed by atoms with van der Waals surface area (Å²) in [5, 5.41) is 13.5. The molecule has 1 aromatic carbocycles. The van der Waals surface area contributed by atoms with Crippen molar-refractivity contribution in [2.75, 3.05) is 45.2 Å². The van der Waals surface area contributed by atoms with Crippen molar-refractivity contribution < 1.29 is 9.90 Å². The Morgan fingerprint density at radius 2 is 2.08 bits per heavy atom. The smallest absolute Gasteiger partial charge is 0.233 e. The molecule has 2 N–H and O–H groups in total. The zero-order valence-corrected chi connectivity index (χ0v) is 15.6. The number of nitrogens with zero attached hydrogens (tertiary/aromatic N) is 3. The van der Waals surface area contributed by atoms with E-state index < -0.39 is 0 Å². The highest BCUT2D eigenvalue weighted by molar-refractivity contribution is 5.81. The lowest BCUT2D eigenvalue weighted by atomic mass is 9.96. The van der Waals surface area contributed by atoms with Crippen molar-refractivity contribution in [3.8, 4) is 0 Å². The lowest BCUT2D eigenvalue weighted by Gasteiger charge is -2.34. The number of aliphatic hydroxyl groups is 1. The van der Waals surface area contributed by atoms with Gasteiger partial charge in [-0.3, -0.25) is 9.69 Å². The van der Waals surface area contributed by atoms with Gasteiger partial charge in [-0.15, -0.1) is 0 Å². The summed E-state index contributed by atoms with van der Waals surface area (Å²) in [4.78, 5) is 20.7. The van der Waals surface area contributed by atoms with Crippen LogP contribution in [-0.4, -0.2) is 61.2 Å². The fraction of sp³-hybridized carbons (Fsp3) is 0.500. The van der Waals surface area contributed by atoms with Crippen molar-refractivity contribution >= 4 is 22.6 Å². The number of hydrogen-bond donors (Lipinski definition) is 2. The van der Waals surface area contributed by atoms with E-state index in [0.29, 0.717) is 12.5 Å².